The van der Waals surface area contributed by atoms with Crippen LogP contribution in [-0.2, 0) is 11.8 Å². The van der Waals surface area contributed by atoms with Crippen LogP contribution in [0.25, 0.3) is 10.9 Å². The Morgan fingerprint density at radius 3 is 2.56 bits per heavy atom. The van der Waals surface area contributed by atoms with E-state index < -0.39 is 5.41 Å². The van der Waals surface area contributed by atoms with Crippen LogP contribution in [0.5, 0.6) is 5.75 Å². The summed E-state index contributed by atoms with van der Waals surface area (Å²) in [5.74, 6) is 0.802. The molecule has 0 fully saturated rings. The number of hydrogen-bond acceptors (Lipinski definition) is 3. The molecule has 3 rings (SSSR count). The molecule has 0 saturated carbocycles. The average molecular weight is 360 g/mol. The molecule has 0 radical (unpaired) electrons. The second-order valence-electron chi connectivity index (χ2n) is 7.13. The Balaban J connectivity index is 1.81. The summed E-state index contributed by atoms with van der Waals surface area (Å²) in [6.07, 6.45) is 1.25. The second kappa shape index (κ2) is 7.67. The van der Waals surface area contributed by atoms with Gasteiger partial charge in [-0.3, -0.25) is 4.79 Å². The normalized spacial score (nSPS) is 13.1. The Kier molecular flexibility index (Phi) is 5.32. The Morgan fingerprint density at radius 1 is 1.15 bits per heavy atom. The van der Waals surface area contributed by atoms with Crippen molar-refractivity contribution in [2.24, 2.45) is 0 Å². The summed E-state index contributed by atoms with van der Waals surface area (Å²) >= 11 is 0. The van der Waals surface area contributed by atoms with E-state index in [1.807, 2.05) is 69.3 Å². The van der Waals surface area contributed by atoms with Crippen molar-refractivity contribution in [3.63, 3.8) is 0 Å². The van der Waals surface area contributed by atoms with E-state index in [1.54, 1.807) is 0 Å². The van der Waals surface area contributed by atoms with Crippen LogP contribution in [0.2, 0.25) is 0 Å². The third-order valence-electron chi connectivity index (χ3n) is 5.08. The largest absolute Gasteiger partial charge is 0.494 e. The minimum absolute atomic E-state index is 0.0662. The van der Waals surface area contributed by atoms with Crippen molar-refractivity contribution >= 4 is 10.9 Å². The van der Waals surface area contributed by atoms with Crippen LogP contribution in [0.3, 0.4) is 0 Å². The zero-order valence-corrected chi connectivity index (χ0v) is 16.0. The molecule has 0 aliphatic rings. The summed E-state index contributed by atoms with van der Waals surface area (Å²) in [6.45, 7) is 6.34. The smallest absolute Gasteiger partial charge is 0.251 e. The molecule has 0 bridgehead atoms. The first-order valence-corrected chi connectivity index (χ1v) is 9.22. The number of benzene rings is 2. The average Bonchev–Trinajstić information content (AvgIpc) is 2.68. The lowest BCUT2D eigenvalue weighted by atomic mass is 9.81. The number of H-pyrrole nitrogens is 1. The number of pyridine rings is 1. The zero-order valence-electron chi connectivity index (χ0n) is 16.0. The van der Waals surface area contributed by atoms with Gasteiger partial charge in [-0.05, 0) is 55.5 Å². The summed E-state index contributed by atoms with van der Waals surface area (Å²) in [5.41, 5.74) is 2.83. The van der Waals surface area contributed by atoms with Crippen molar-refractivity contribution in [1.29, 1.82) is 5.26 Å². The van der Waals surface area contributed by atoms with E-state index in [9.17, 15) is 10.1 Å². The minimum Gasteiger partial charge on any atom is -0.494 e. The topological polar surface area (TPSA) is 65.9 Å². The number of aryl methyl sites for hydroxylation is 2. The SMILES string of the molecule is CCc1cc2ccc(C(C)(C#N)CCOc3ccc(C)cc3)cc2[nH]c1=O. The van der Waals surface area contributed by atoms with Crippen molar-refractivity contribution < 1.29 is 4.74 Å². The van der Waals surface area contributed by atoms with Crippen LogP contribution in [0.15, 0.2) is 53.3 Å². The highest BCUT2D eigenvalue weighted by atomic mass is 16.5. The Labute approximate surface area is 159 Å². The van der Waals surface area contributed by atoms with E-state index in [4.69, 9.17) is 4.74 Å². The Morgan fingerprint density at radius 2 is 1.89 bits per heavy atom. The monoisotopic (exact) mass is 360 g/mol. The number of aromatic amines is 1. The molecule has 0 saturated heterocycles. The summed E-state index contributed by atoms with van der Waals surface area (Å²) in [4.78, 5) is 15.0. The molecule has 138 valence electrons. The van der Waals surface area contributed by atoms with Gasteiger partial charge in [0.1, 0.15) is 5.75 Å². The lowest BCUT2D eigenvalue weighted by molar-refractivity contribution is 0.285. The maximum atomic E-state index is 12.1. The molecule has 3 aromatic rings. The third kappa shape index (κ3) is 4.03. The molecule has 0 aliphatic heterocycles. The number of fused-ring (bicyclic) bond motifs is 1. The van der Waals surface area contributed by atoms with Crippen molar-refractivity contribution in [2.75, 3.05) is 6.61 Å². The van der Waals surface area contributed by atoms with Gasteiger partial charge >= 0.3 is 0 Å². The van der Waals surface area contributed by atoms with Crippen LogP contribution in [0, 0.1) is 18.3 Å². The fourth-order valence-corrected chi connectivity index (χ4v) is 3.12. The second-order valence-corrected chi connectivity index (χ2v) is 7.13. The molecule has 4 heteroatoms. The van der Waals surface area contributed by atoms with E-state index in [-0.39, 0.29) is 5.56 Å². The maximum Gasteiger partial charge on any atom is 0.251 e. The minimum atomic E-state index is -0.695. The number of hydrogen-bond donors (Lipinski definition) is 1. The van der Waals surface area contributed by atoms with Crippen molar-refractivity contribution in [1.82, 2.24) is 4.98 Å². The summed E-state index contributed by atoms with van der Waals surface area (Å²) in [7, 11) is 0. The van der Waals surface area contributed by atoms with Gasteiger partial charge in [-0.15, -0.1) is 0 Å². The number of ether oxygens (including phenoxy) is 1. The molecule has 1 atom stereocenters. The lowest BCUT2D eigenvalue weighted by Crippen LogP contribution is -2.23. The fourth-order valence-electron chi connectivity index (χ4n) is 3.12. The van der Waals surface area contributed by atoms with Gasteiger partial charge in [0, 0.05) is 17.5 Å². The van der Waals surface area contributed by atoms with Crippen LogP contribution in [-0.4, -0.2) is 11.6 Å². The quantitative estimate of drug-likeness (QED) is 0.696. The highest BCUT2D eigenvalue weighted by Gasteiger charge is 2.27. The van der Waals surface area contributed by atoms with Crippen molar-refractivity contribution in [3.8, 4) is 11.8 Å². The predicted molar refractivity (Wildman–Crippen MR) is 108 cm³/mol. The first kappa shape index (κ1) is 18.7. The number of rotatable bonds is 6. The summed E-state index contributed by atoms with van der Waals surface area (Å²) in [5, 5.41) is 10.8. The predicted octanol–water partition coefficient (Wildman–Crippen LogP) is 4.65. The van der Waals surface area contributed by atoms with E-state index in [0.29, 0.717) is 19.4 Å². The molecule has 0 spiro atoms. The van der Waals surface area contributed by atoms with E-state index in [1.165, 1.54) is 5.56 Å². The summed E-state index contributed by atoms with van der Waals surface area (Å²) in [6, 6.07) is 18.1. The number of nitrogens with zero attached hydrogens (tertiary/aromatic N) is 1. The van der Waals surface area contributed by atoms with Crippen LogP contribution in [0.1, 0.15) is 37.0 Å². The third-order valence-corrected chi connectivity index (χ3v) is 5.08. The van der Waals surface area contributed by atoms with Gasteiger partial charge in [0.25, 0.3) is 5.56 Å². The van der Waals surface area contributed by atoms with Crippen molar-refractivity contribution in [2.45, 2.75) is 39.0 Å². The van der Waals surface area contributed by atoms with E-state index in [2.05, 4.69) is 11.1 Å². The molecule has 0 amide bonds. The Bertz CT molecular complexity index is 1040. The lowest BCUT2D eigenvalue weighted by Gasteiger charge is -2.22. The first-order valence-electron chi connectivity index (χ1n) is 9.22. The van der Waals surface area contributed by atoms with E-state index in [0.717, 1.165) is 27.8 Å². The molecule has 27 heavy (non-hydrogen) atoms. The molecular formula is C23H24N2O2. The van der Waals surface area contributed by atoms with Crippen LogP contribution < -0.4 is 10.3 Å². The fraction of sp³-hybridized carbons (Fsp3) is 0.304. The van der Waals surface area contributed by atoms with Gasteiger partial charge in [-0.1, -0.05) is 36.8 Å². The highest BCUT2D eigenvalue weighted by molar-refractivity contribution is 5.80. The van der Waals surface area contributed by atoms with Gasteiger partial charge in [0.15, 0.2) is 0 Å². The number of nitrogens with one attached hydrogen (secondary N) is 1. The molecule has 1 N–H and O–H groups in total. The Hall–Kier alpha value is -3.06. The van der Waals surface area contributed by atoms with Crippen LogP contribution in [0.4, 0.5) is 0 Å². The van der Waals surface area contributed by atoms with Crippen LogP contribution >= 0.6 is 0 Å². The zero-order chi connectivity index (χ0) is 19.4. The van der Waals surface area contributed by atoms with Gasteiger partial charge in [0.2, 0.25) is 0 Å². The first-order chi connectivity index (χ1) is 12.9. The standard InChI is InChI=1S/C23H24N2O2/c1-4-17-13-18-7-8-19(14-21(18)25-22(17)26)23(3,15-24)11-12-27-20-9-5-16(2)6-10-20/h5-10,13-14H,4,11-12H2,1-3H3,(H,25,26). The molecule has 1 heterocycles. The van der Waals surface area contributed by atoms with Gasteiger partial charge in [-0.2, -0.15) is 5.26 Å². The molecule has 1 aromatic heterocycles. The molecular weight excluding hydrogens is 336 g/mol. The van der Waals surface area contributed by atoms with Crippen molar-refractivity contribution in [3.05, 3.63) is 75.6 Å². The van der Waals surface area contributed by atoms with Gasteiger partial charge < -0.3 is 9.72 Å². The van der Waals surface area contributed by atoms with Gasteiger partial charge in [-0.25, -0.2) is 0 Å². The molecule has 1 unspecified atom stereocenters. The number of aromatic nitrogens is 1. The highest BCUT2D eigenvalue weighted by Crippen LogP contribution is 2.29. The van der Waals surface area contributed by atoms with E-state index >= 15 is 0 Å². The van der Waals surface area contributed by atoms with Gasteiger partial charge in [0.05, 0.1) is 18.1 Å². The maximum absolute atomic E-state index is 12.1. The molecule has 2 aromatic carbocycles. The summed E-state index contributed by atoms with van der Waals surface area (Å²) < 4.78 is 5.81. The molecule has 0 aliphatic carbocycles. The number of nitriles is 1. The molecule has 4 nitrogen and oxygen atoms in total.